The molecular weight excluding hydrogens is 566 g/mol. The number of aryl methyl sites for hydroxylation is 1. The highest BCUT2D eigenvalue weighted by Gasteiger charge is 2.63. The Labute approximate surface area is 247 Å². The largest absolute Gasteiger partial charge is 0.339 e. The molecule has 3 heterocycles. The Bertz CT molecular complexity index is 1560. The average molecular weight is 596 g/mol. The zero-order valence-corrected chi connectivity index (χ0v) is 23.9. The molecule has 0 unspecified atom stereocenters. The van der Waals surface area contributed by atoms with Crippen molar-refractivity contribution < 1.29 is 18.8 Å². The van der Waals surface area contributed by atoms with E-state index in [1.54, 1.807) is 47.4 Å². The molecule has 7 nitrogen and oxygen atoms in total. The van der Waals surface area contributed by atoms with Gasteiger partial charge in [-0.3, -0.25) is 14.4 Å². The number of piperidine rings is 1. The number of nitrogens with one attached hydrogen (secondary N) is 2. The Kier molecular flexibility index (Phi) is 7.26. The van der Waals surface area contributed by atoms with Crippen LogP contribution in [0, 0.1) is 12.7 Å². The van der Waals surface area contributed by atoms with Gasteiger partial charge in [0.25, 0.3) is 0 Å². The number of hydrogen-bond acceptors (Lipinski definition) is 4. The monoisotopic (exact) mass is 594 g/mol. The van der Waals surface area contributed by atoms with Gasteiger partial charge in [0.15, 0.2) is 0 Å². The molecule has 2 saturated heterocycles. The van der Waals surface area contributed by atoms with Crippen LogP contribution in [0.4, 0.5) is 10.1 Å². The van der Waals surface area contributed by atoms with Crippen LogP contribution in [0.1, 0.15) is 40.6 Å². The van der Waals surface area contributed by atoms with E-state index in [9.17, 15) is 18.8 Å². The molecule has 10 heteroatoms. The van der Waals surface area contributed by atoms with E-state index in [2.05, 4.69) is 10.6 Å². The van der Waals surface area contributed by atoms with E-state index in [0.717, 1.165) is 0 Å². The van der Waals surface area contributed by atoms with Gasteiger partial charge < -0.3 is 20.4 Å². The fourth-order valence-electron chi connectivity index (χ4n) is 6.74. The van der Waals surface area contributed by atoms with Crippen LogP contribution in [-0.2, 0) is 19.8 Å². The molecular formula is C31H29Cl2FN4O3. The Morgan fingerprint density at radius 2 is 1.78 bits per heavy atom. The first-order chi connectivity index (χ1) is 19.7. The summed E-state index contributed by atoms with van der Waals surface area (Å²) in [6.07, 6.45) is -0.0461. The lowest BCUT2D eigenvalue weighted by Crippen LogP contribution is -2.60. The second-order valence-corrected chi connectivity index (χ2v) is 11.8. The minimum absolute atomic E-state index is 0.0461. The van der Waals surface area contributed by atoms with E-state index in [1.165, 1.54) is 17.0 Å². The van der Waals surface area contributed by atoms with Gasteiger partial charge in [-0.1, -0.05) is 47.5 Å². The van der Waals surface area contributed by atoms with Crippen LogP contribution >= 0.6 is 23.2 Å². The summed E-state index contributed by atoms with van der Waals surface area (Å²) in [5.41, 5.74) is 1.63. The number of hydrogen-bond donors (Lipinski definition) is 2. The number of piperazine rings is 1. The molecule has 3 aliphatic heterocycles. The van der Waals surface area contributed by atoms with Crippen molar-refractivity contribution in [2.75, 3.05) is 38.0 Å². The van der Waals surface area contributed by atoms with Crippen LogP contribution in [0.3, 0.4) is 0 Å². The molecule has 41 heavy (non-hydrogen) atoms. The third-order valence-corrected chi connectivity index (χ3v) is 9.08. The SMILES string of the molecule is Cc1ccc(F)cc1[C@H]1N(CC(=O)N2CCNCC2)C(=O)C[C@@H](c2cccc(Cl)c2)[C@]12C(=O)Nc1cc(Cl)ccc12. The maximum atomic E-state index is 15.0. The molecule has 0 aromatic heterocycles. The van der Waals surface area contributed by atoms with Crippen LogP contribution in [0.25, 0.3) is 0 Å². The second-order valence-electron chi connectivity index (χ2n) is 10.9. The van der Waals surface area contributed by atoms with Gasteiger partial charge in [0.1, 0.15) is 17.8 Å². The van der Waals surface area contributed by atoms with E-state index >= 15 is 0 Å². The van der Waals surface area contributed by atoms with Crippen LogP contribution < -0.4 is 10.6 Å². The first-order valence-electron chi connectivity index (χ1n) is 13.6. The third-order valence-electron chi connectivity index (χ3n) is 8.61. The maximum absolute atomic E-state index is 15.0. The molecule has 6 rings (SSSR count). The molecule has 0 aliphatic carbocycles. The van der Waals surface area contributed by atoms with Crippen molar-refractivity contribution in [3.8, 4) is 0 Å². The van der Waals surface area contributed by atoms with Gasteiger partial charge in [0.2, 0.25) is 17.7 Å². The predicted octanol–water partition coefficient (Wildman–Crippen LogP) is 4.82. The number of anilines is 1. The lowest BCUT2D eigenvalue weighted by Gasteiger charge is -2.52. The summed E-state index contributed by atoms with van der Waals surface area (Å²) in [6.45, 7) is 3.93. The maximum Gasteiger partial charge on any atom is 0.242 e. The Balaban J connectivity index is 1.61. The van der Waals surface area contributed by atoms with Crippen molar-refractivity contribution in [3.63, 3.8) is 0 Å². The Morgan fingerprint density at radius 3 is 2.54 bits per heavy atom. The average Bonchev–Trinajstić information content (AvgIpc) is 3.23. The van der Waals surface area contributed by atoms with E-state index in [1.807, 2.05) is 13.0 Å². The normalized spacial score (nSPS) is 24.0. The number of fused-ring (bicyclic) bond motifs is 2. The number of benzene rings is 3. The zero-order valence-electron chi connectivity index (χ0n) is 22.4. The lowest BCUT2D eigenvalue weighted by molar-refractivity contribution is -0.151. The zero-order chi connectivity index (χ0) is 28.9. The van der Waals surface area contributed by atoms with E-state index in [0.29, 0.717) is 64.2 Å². The smallest absolute Gasteiger partial charge is 0.242 e. The Hall–Kier alpha value is -3.46. The standard InChI is InChI=1S/C31H29Cl2FN4O3/c1-18-5-7-22(34)15-23(18)29-31(24-8-6-21(33)14-26(24)36-30(31)41)25(19-3-2-4-20(32)13-19)16-27(39)38(29)17-28(40)37-11-9-35-10-12-37/h2-8,13-15,25,29,35H,9-12,16-17H2,1H3,(H,36,41)/t25-,29+,31-/m0/s1. The molecule has 212 valence electrons. The summed E-state index contributed by atoms with van der Waals surface area (Å²) in [4.78, 5) is 45.4. The second kappa shape index (κ2) is 10.7. The molecule has 2 fully saturated rings. The number of carbonyl (C=O) groups excluding carboxylic acids is 3. The van der Waals surface area contributed by atoms with E-state index in [-0.39, 0.29) is 30.7 Å². The van der Waals surface area contributed by atoms with Crippen LogP contribution in [0.15, 0.2) is 60.7 Å². The van der Waals surface area contributed by atoms with Gasteiger partial charge in [0, 0.05) is 54.3 Å². The number of rotatable bonds is 4. The van der Waals surface area contributed by atoms with Gasteiger partial charge in [0.05, 0.1) is 6.04 Å². The van der Waals surface area contributed by atoms with Crippen molar-refractivity contribution in [2.45, 2.75) is 30.7 Å². The first-order valence-corrected chi connectivity index (χ1v) is 14.4. The number of nitrogens with zero attached hydrogens (tertiary/aromatic N) is 2. The molecule has 0 saturated carbocycles. The van der Waals surface area contributed by atoms with Crippen LogP contribution in [0.2, 0.25) is 10.0 Å². The quantitative estimate of drug-likeness (QED) is 0.454. The van der Waals surface area contributed by atoms with Crippen molar-refractivity contribution in [1.82, 2.24) is 15.1 Å². The molecule has 3 aliphatic rings. The molecule has 3 aromatic carbocycles. The molecule has 3 atom stereocenters. The minimum Gasteiger partial charge on any atom is -0.339 e. The summed E-state index contributed by atoms with van der Waals surface area (Å²) in [6, 6.07) is 15.7. The van der Waals surface area contributed by atoms with Gasteiger partial charge in [-0.05, 0) is 65.6 Å². The molecule has 0 bridgehead atoms. The van der Waals surface area contributed by atoms with Gasteiger partial charge in [-0.25, -0.2) is 4.39 Å². The number of likely N-dealkylation sites (tertiary alicyclic amines) is 1. The summed E-state index contributed by atoms with van der Waals surface area (Å²) in [7, 11) is 0. The number of carbonyl (C=O) groups is 3. The van der Waals surface area contributed by atoms with Gasteiger partial charge >= 0.3 is 0 Å². The van der Waals surface area contributed by atoms with Crippen LogP contribution in [0.5, 0.6) is 0 Å². The third kappa shape index (κ3) is 4.68. The van der Waals surface area contributed by atoms with Crippen molar-refractivity contribution >= 4 is 46.6 Å². The summed E-state index contributed by atoms with van der Waals surface area (Å²) >= 11 is 12.8. The highest BCUT2D eigenvalue weighted by atomic mass is 35.5. The summed E-state index contributed by atoms with van der Waals surface area (Å²) in [5, 5.41) is 7.14. The predicted molar refractivity (Wildman–Crippen MR) is 156 cm³/mol. The topological polar surface area (TPSA) is 81.8 Å². The van der Waals surface area contributed by atoms with E-state index in [4.69, 9.17) is 23.2 Å². The van der Waals surface area contributed by atoms with Crippen molar-refractivity contribution in [1.29, 1.82) is 0 Å². The van der Waals surface area contributed by atoms with Crippen molar-refractivity contribution in [3.05, 3.63) is 98.8 Å². The summed E-state index contributed by atoms with van der Waals surface area (Å²) < 4.78 is 15.0. The summed E-state index contributed by atoms with van der Waals surface area (Å²) in [5.74, 6) is -2.02. The van der Waals surface area contributed by atoms with E-state index < -0.39 is 23.2 Å². The Morgan fingerprint density at radius 1 is 1.02 bits per heavy atom. The molecule has 3 amide bonds. The molecule has 0 radical (unpaired) electrons. The van der Waals surface area contributed by atoms with Crippen molar-refractivity contribution in [2.24, 2.45) is 0 Å². The molecule has 1 spiro atoms. The van der Waals surface area contributed by atoms with Gasteiger partial charge in [-0.2, -0.15) is 0 Å². The lowest BCUT2D eigenvalue weighted by atomic mass is 9.58. The van der Waals surface area contributed by atoms with Gasteiger partial charge in [-0.15, -0.1) is 0 Å². The number of amides is 3. The minimum atomic E-state index is -1.40. The molecule has 3 aromatic rings. The molecule has 2 N–H and O–H groups in total. The first kappa shape index (κ1) is 27.7. The number of halogens is 3. The fraction of sp³-hybridized carbons (Fsp3) is 0.323. The highest BCUT2D eigenvalue weighted by Crippen LogP contribution is 2.60. The fourth-order valence-corrected chi connectivity index (χ4v) is 7.11. The van der Waals surface area contributed by atoms with Crippen LogP contribution in [-0.4, -0.2) is 60.2 Å². The highest BCUT2D eigenvalue weighted by molar-refractivity contribution is 6.31.